The van der Waals surface area contributed by atoms with E-state index in [1.807, 2.05) is 66.4 Å². The van der Waals surface area contributed by atoms with Gasteiger partial charge in [0.15, 0.2) is 11.6 Å². The normalized spacial score (nSPS) is 23.2. The summed E-state index contributed by atoms with van der Waals surface area (Å²) in [4.78, 5) is 56.8. The molecule has 4 aromatic rings. The van der Waals surface area contributed by atoms with Crippen molar-refractivity contribution in [2.24, 2.45) is 5.92 Å². The number of ketones is 2. The standard InChI is InChI=1S/C34H25N3O5/c1-20-14-15-21-16-17-28-34(25-12-5-6-13-26(25)35-33(34)40)29(31(38)23-10-7-11-24(19-23)37(41)42)30(36(28)27(21)18-20)32(39)22-8-3-2-4-9-22/h2-19,28-30H,1H3,(H,35,40)/t28-,29-,30+,34-/m1/s1. The molecule has 8 nitrogen and oxygen atoms in total. The number of amides is 1. The lowest BCUT2D eigenvalue weighted by atomic mass is 9.64. The number of Topliss-reactive ketones (excluding diaryl/α,β-unsaturated/α-hetero) is 2. The second-order valence-corrected chi connectivity index (χ2v) is 11.0. The summed E-state index contributed by atoms with van der Waals surface area (Å²) in [5.41, 5.74) is 2.55. The third-order valence-electron chi connectivity index (χ3n) is 8.74. The van der Waals surface area contributed by atoms with E-state index in [1.165, 1.54) is 24.3 Å². The fourth-order valence-electron chi connectivity index (χ4n) is 7.00. The summed E-state index contributed by atoms with van der Waals surface area (Å²) >= 11 is 0. The predicted octanol–water partition coefficient (Wildman–Crippen LogP) is 5.76. The zero-order valence-electron chi connectivity index (χ0n) is 22.6. The van der Waals surface area contributed by atoms with Gasteiger partial charge < -0.3 is 10.2 Å². The molecule has 0 aromatic heterocycles. The highest BCUT2D eigenvalue weighted by atomic mass is 16.6. The summed E-state index contributed by atoms with van der Waals surface area (Å²) in [5, 5.41) is 14.6. The molecule has 1 N–H and O–H groups in total. The van der Waals surface area contributed by atoms with Crippen LogP contribution in [0.5, 0.6) is 0 Å². The summed E-state index contributed by atoms with van der Waals surface area (Å²) in [5.74, 6) is -2.39. The van der Waals surface area contributed by atoms with Crippen LogP contribution in [-0.2, 0) is 10.2 Å². The van der Waals surface area contributed by atoms with Crippen molar-refractivity contribution >= 4 is 40.6 Å². The van der Waals surface area contributed by atoms with Crippen LogP contribution >= 0.6 is 0 Å². The van der Waals surface area contributed by atoms with Crippen LogP contribution < -0.4 is 10.2 Å². The van der Waals surface area contributed by atoms with Crippen LogP contribution in [0.4, 0.5) is 17.1 Å². The van der Waals surface area contributed by atoms with Gasteiger partial charge in [0.25, 0.3) is 5.69 Å². The minimum absolute atomic E-state index is 0.0740. The zero-order chi connectivity index (χ0) is 29.2. The fraction of sp³-hybridized carbons (Fsp3) is 0.147. The number of carbonyl (C=O) groups is 3. The van der Waals surface area contributed by atoms with Gasteiger partial charge in [-0.1, -0.05) is 84.9 Å². The molecule has 0 aliphatic carbocycles. The Labute approximate surface area is 241 Å². The lowest BCUT2D eigenvalue weighted by molar-refractivity contribution is -0.384. The first kappa shape index (κ1) is 25.6. The maximum Gasteiger partial charge on any atom is 0.270 e. The van der Waals surface area contributed by atoms with Crippen molar-refractivity contribution in [3.63, 3.8) is 0 Å². The van der Waals surface area contributed by atoms with Gasteiger partial charge in [0.2, 0.25) is 5.91 Å². The van der Waals surface area contributed by atoms with E-state index in [4.69, 9.17) is 0 Å². The van der Waals surface area contributed by atoms with Crippen LogP contribution in [0.2, 0.25) is 0 Å². The van der Waals surface area contributed by atoms with Gasteiger partial charge in [-0.3, -0.25) is 24.5 Å². The fourth-order valence-corrected chi connectivity index (χ4v) is 7.00. The smallest absolute Gasteiger partial charge is 0.270 e. The summed E-state index contributed by atoms with van der Waals surface area (Å²) in [6.45, 7) is 1.96. The molecule has 0 bridgehead atoms. The molecule has 0 radical (unpaired) electrons. The Hall–Kier alpha value is -5.37. The lowest BCUT2D eigenvalue weighted by Crippen LogP contribution is -2.51. The Kier molecular flexibility index (Phi) is 5.69. The van der Waals surface area contributed by atoms with E-state index in [-0.39, 0.29) is 22.9 Å². The molecule has 3 aliphatic rings. The van der Waals surface area contributed by atoms with Crippen molar-refractivity contribution in [3.05, 3.63) is 141 Å². The lowest BCUT2D eigenvalue weighted by Gasteiger charge is -2.37. The van der Waals surface area contributed by atoms with E-state index in [2.05, 4.69) is 5.32 Å². The van der Waals surface area contributed by atoms with Crippen LogP contribution in [-0.4, -0.2) is 34.5 Å². The van der Waals surface area contributed by atoms with Crippen LogP contribution in [0.1, 0.15) is 37.4 Å². The Morgan fingerprint density at radius 3 is 2.40 bits per heavy atom. The monoisotopic (exact) mass is 555 g/mol. The van der Waals surface area contributed by atoms with Gasteiger partial charge >= 0.3 is 0 Å². The molecule has 42 heavy (non-hydrogen) atoms. The number of nitro groups is 1. The highest BCUT2D eigenvalue weighted by Crippen LogP contribution is 2.58. The number of hydrogen-bond donors (Lipinski definition) is 1. The summed E-state index contributed by atoms with van der Waals surface area (Å²) in [6.07, 6.45) is 3.85. The van der Waals surface area contributed by atoms with Crippen molar-refractivity contribution in [2.75, 3.05) is 10.2 Å². The number of nitro benzene ring substituents is 1. The molecule has 8 heteroatoms. The number of benzene rings is 4. The van der Waals surface area contributed by atoms with Gasteiger partial charge in [0, 0.05) is 34.6 Å². The average molecular weight is 556 g/mol. The predicted molar refractivity (Wildman–Crippen MR) is 159 cm³/mol. The summed E-state index contributed by atoms with van der Waals surface area (Å²) in [6, 6.07) is 25.7. The van der Waals surface area contributed by atoms with Crippen molar-refractivity contribution < 1.29 is 19.3 Å². The van der Waals surface area contributed by atoms with E-state index in [1.54, 1.807) is 30.3 Å². The van der Waals surface area contributed by atoms with E-state index in [0.717, 1.165) is 16.8 Å². The molecule has 0 saturated carbocycles. The van der Waals surface area contributed by atoms with Crippen LogP contribution in [0.15, 0.2) is 103 Å². The quantitative estimate of drug-likeness (QED) is 0.191. The summed E-state index contributed by atoms with van der Waals surface area (Å²) in [7, 11) is 0. The van der Waals surface area contributed by atoms with Gasteiger partial charge in [-0.2, -0.15) is 0 Å². The third-order valence-corrected chi connectivity index (χ3v) is 8.74. The molecule has 206 valence electrons. The molecular formula is C34H25N3O5. The van der Waals surface area contributed by atoms with Gasteiger partial charge in [-0.15, -0.1) is 0 Å². The molecule has 4 atom stereocenters. The molecule has 0 unspecified atom stereocenters. The highest BCUT2D eigenvalue weighted by molar-refractivity contribution is 6.18. The maximum absolute atomic E-state index is 14.8. The van der Waals surface area contributed by atoms with Crippen LogP contribution in [0, 0.1) is 23.0 Å². The number of carbonyl (C=O) groups excluding carboxylic acids is 3. The second kappa shape index (κ2) is 9.34. The number of aryl methyl sites for hydroxylation is 1. The van der Waals surface area contributed by atoms with E-state index in [9.17, 15) is 24.5 Å². The number of non-ortho nitro benzene ring substituents is 1. The summed E-state index contributed by atoms with van der Waals surface area (Å²) < 4.78 is 0. The average Bonchev–Trinajstić information content (AvgIpc) is 3.49. The minimum Gasteiger partial charge on any atom is -0.352 e. The number of anilines is 2. The number of nitrogens with zero attached hydrogens (tertiary/aromatic N) is 2. The molecule has 1 amide bonds. The van der Waals surface area contributed by atoms with Gasteiger partial charge in [0.1, 0.15) is 11.5 Å². The first-order valence-corrected chi connectivity index (χ1v) is 13.7. The van der Waals surface area contributed by atoms with Gasteiger partial charge in [-0.25, -0.2) is 0 Å². The number of hydrogen-bond acceptors (Lipinski definition) is 6. The molecule has 4 aromatic carbocycles. The molecule has 1 saturated heterocycles. The number of nitrogens with one attached hydrogen (secondary N) is 1. The van der Waals surface area contributed by atoms with Crippen LogP contribution in [0.25, 0.3) is 6.08 Å². The van der Waals surface area contributed by atoms with E-state index >= 15 is 0 Å². The van der Waals surface area contributed by atoms with Crippen LogP contribution in [0.3, 0.4) is 0 Å². The Bertz CT molecular complexity index is 1850. The maximum atomic E-state index is 14.8. The number of fused-ring (bicyclic) bond motifs is 6. The molecular weight excluding hydrogens is 530 g/mol. The first-order valence-electron chi connectivity index (χ1n) is 13.7. The minimum atomic E-state index is -1.48. The highest BCUT2D eigenvalue weighted by Gasteiger charge is 2.70. The molecule has 1 spiro atoms. The van der Waals surface area contributed by atoms with Gasteiger partial charge in [0.05, 0.1) is 16.9 Å². The third kappa shape index (κ3) is 3.51. The van der Waals surface area contributed by atoms with Crippen molar-refractivity contribution in [2.45, 2.75) is 24.4 Å². The van der Waals surface area contributed by atoms with E-state index in [0.29, 0.717) is 16.8 Å². The molecule has 3 heterocycles. The number of para-hydroxylation sites is 1. The van der Waals surface area contributed by atoms with Gasteiger partial charge in [-0.05, 0) is 35.7 Å². The largest absolute Gasteiger partial charge is 0.352 e. The van der Waals surface area contributed by atoms with Crippen molar-refractivity contribution in [1.82, 2.24) is 0 Å². The van der Waals surface area contributed by atoms with E-state index < -0.39 is 34.1 Å². The second-order valence-electron chi connectivity index (χ2n) is 11.0. The molecule has 3 aliphatic heterocycles. The topological polar surface area (TPSA) is 110 Å². The zero-order valence-corrected chi connectivity index (χ0v) is 22.6. The molecule has 7 rings (SSSR count). The SMILES string of the molecule is Cc1ccc2c(c1)N1[C@H](C(=O)c3ccccc3)[C@H](C(=O)c3cccc([N+](=O)[O-])c3)[C@]3(C(=O)Nc4ccccc43)[C@H]1C=C2. The van der Waals surface area contributed by atoms with Crippen molar-refractivity contribution in [3.8, 4) is 0 Å². The Morgan fingerprint density at radius 2 is 1.62 bits per heavy atom. The number of rotatable bonds is 5. The van der Waals surface area contributed by atoms with Crippen molar-refractivity contribution in [1.29, 1.82) is 0 Å². The first-order chi connectivity index (χ1) is 20.3. The Morgan fingerprint density at radius 1 is 0.881 bits per heavy atom. The Balaban J connectivity index is 1.54. The molecule has 1 fully saturated rings.